The molecule has 2 heterocycles. The number of nitrogens with one attached hydrogen (secondary N) is 1. The first-order chi connectivity index (χ1) is 8.31. The molecule has 0 aliphatic heterocycles. The number of hydrogen-bond donors (Lipinski definition) is 2. The van der Waals surface area contributed by atoms with Crippen molar-refractivity contribution in [2.75, 3.05) is 12.0 Å². The molecule has 90 valence electrons. The second-order valence-electron chi connectivity index (χ2n) is 3.47. The van der Waals surface area contributed by atoms with E-state index in [4.69, 9.17) is 10.6 Å². The molecular weight excluding hydrogens is 236 g/mol. The van der Waals surface area contributed by atoms with Crippen molar-refractivity contribution in [1.82, 2.24) is 9.97 Å². The summed E-state index contributed by atoms with van der Waals surface area (Å²) in [6, 6.07) is 4.13. The summed E-state index contributed by atoms with van der Waals surface area (Å²) in [4.78, 5) is 9.37. The molecule has 0 amide bonds. The van der Waals surface area contributed by atoms with Gasteiger partial charge < -0.3 is 10.2 Å². The summed E-state index contributed by atoms with van der Waals surface area (Å²) in [5, 5.41) is 2.06. The Kier molecular flexibility index (Phi) is 3.89. The minimum atomic E-state index is 0.574. The third-order valence-corrected chi connectivity index (χ3v) is 3.28. The van der Waals surface area contributed by atoms with Gasteiger partial charge in [0, 0.05) is 11.3 Å². The summed E-state index contributed by atoms with van der Waals surface area (Å²) in [5.41, 5.74) is 3.33. The number of ether oxygens (including phenoxy) is 1. The lowest BCUT2D eigenvalue weighted by Gasteiger charge is -2.09. The second kappa shape index (κ2) is 5.60. The highest BCUT2D eigenvalue weighted by atomic mass is 32.1. The lowest BCUT2D eigenvalue weighted by Crippen LogP contribution is -2.12. The molecule has 0 aliphatic carbocycles. The fourth-order valence-electron chi connectivity index (χ4n) is 1.43. The van der Waals surface area contributed by atoms with Crippen LogP contribution in [0.25, 0.3) is 0 Å². The Labute approximate surface area is 104 Å². The Morgan fingerprint density at radius 3 is 3.06 bits per heavy atom. The molecule has 0 saturated heterocycles. The lowest BCUT2D eigenvalue weighted by molar-refractivity contribution is 0.307. The van der Waals surface area contributed by atoms with Crippen LogP contribution < -0.4 is 16.0 Å². The number of nitrogens with zero attached hydrogens (tertiary/aromatic N) is 2. The summed E-state index contributed by atoms with van der Waals surface area (Å²) in [5.74, 6) is 6.49. The highest BCUT2D eigenvalue weighted by Crippen LogP contribution is 2.19. The standard InChI is InChI=1S/C11H14N4OS/c1-8-10(15-12)13-7-14-11(8)16-5-4-9-3-2-6-17-9/h2-3,6-7H,4-5,12H2,1H3,(H,13,14,15). The van der Waals surface area contributed by atoms with Gasteiger partial charge in [0.15, 0.2) is 0 Å². The van der Waals surface area contributed by atoms with Gasteiger partial charge in [-0.15, -0.1) is 11.3 Å². The van der Waals surface area contributed by atoms with Gasteiger partial charge in [-0.05, 0) is 18.4 Å². The van der Waals surface area contributed by atoms with E-state index in [1.54, 1.807) is 11.3 Å². The largest absolute Gasteiger partial charge is 0.477 e. The van der Waals surface area contributed by atoms with Gasteiger partial charge in [-0.3, -0.25) is 0 Å². The molecular formula is C11H14N4OS. The molecule has 2 aromatic rings. The number of nitrogen functional groups attached to an aromatic ring is 1. The lowest BCUT2D eigenvalue weighted by atomic mass is 10.3. The highest BCUT2D eigenvalue weighted by molar-refractivity contribution is 7.09. The first-order valence-electron chi connectivity index (χ1n) is 5.24. The zero-order valence-electron chi connectivity index (χ0n) is 9.51. The van der Waals surface area contributed by atoms with Gasteiger partial charge in [-0.1, -0.05) is 6.07 Å². The van der Waals surface area contributed by atoms with Crippen LogP contribution in [0.4, 0.5) is 5.82 Å². The zero-order chi connectivity index (χ0) is 12.1. The molecule has 2 aromatic heterocycles. The fraction of sp³-hybridized carbons (Fsp3) is 0.273. The SMILES string of the molecule is Cc1c(NN)ncnc1OCCc1cccs1. The Hall–Kier alpha value is -1.66. The van der Waals surface area contributed by atoms with E-state index in [-0.39, 0.29) is 0 Å². The predicted octanol–water partition coefficient (Wildman–Crippen LogP) is 1.75. The van der Waals surface area contributed by atoms with Crippen LogP contribution in [0, 0.1) is 6.92 Å². The summed E-state index contributed by atoms with van der Waals surface area (Å²) in [6.45, 7) is 2.47. The molecule has 17 heavy (non-hydrogen) atoms. The van der Waals surface area contributed by atoms with Gasteiger partial charge in [-0.25, -0.2) is 15.8 Å². The molecule has 3 N–H and O–H groups in total. The van der Waals surface area contributed by atoms with E-state index in [9.17, 15) is 0 Å². The van der Waals surface area contributed by atoms with Gasteiger partial charge in [0.1, 0.15) is 12.1 Å². The van der Waals surface area contributed by atoms with Crippen LogP contribution in [0.5, 0.6) is 5.88 Å². The van der Waals surface area contributed by atoms with Gasteiger partial charge in [0.2, 0.25) is 5.88 Å². The third-order valence-electron chi connectivity index (χ3n) is 2.34. The van der Waals surface area contributed by atoms with E-state index in [1.165, 1.54) is 11.2 Å². The molecule has 0 radical (unpaired) electrons. The topological polar surface area (TPSA) is 73.1 Å². The number of nitrogens with two attached hydrogens (primary N) is 1. The zero-order valence-corrected chi connectivity index (χ0v) is 10.3. The van der Waals surface area contributed by atoms with Crippen molar-refractivity contribution in [3.8, 4) is 5.88 Å². The molecule has 0 aliphatic rings. The van der Waals surface area contributed by atoms with E-state index in [2.05, 4.69) is 26.8 Å². The number of hydrogen-bond acceptors (Lipinski definition) is 6. The van der Waals surface area contributed by atoms with Crippen LogP contribution >= 0.6 is 11.3 Å². The summed E-state index contributed by atoms with van der Waals surface area (Å²) in [7, 11) is 0. The monoisotopic (exact) mass is 250 g/mol. The van der Waals surface area contributed by atoms with Crippen molar-refractivity contribution in [2.24, 2.45) is 5.84 Å². The molecule has 2 rings (SSSR count). The van der Waals surface area contributed by atoms with Crippen molar-refractivity contribution in [3.63, 3.8) is 0 Å². The maximum absolute atomic E-state index is 5.61. The summed E-state index contributed by atoms with van der Waals surface area (Å²) < 4.78 is 5.61. The van der Waals surface area contributed by atoms with Crippen molar-refractivity contribution >= 4 is 17.2 Å². The number of hydrazine groups is 1. The molecule has 0 atom stereocenters. The second-order valence-corrected chi connectivity index (χ2v) is 4.51. The number of anilines is 1. The minimum absolute atomic E-state index is 0.574. The maximum Gasteiger partial charge on any atom is 0.221 e. The Morgan fingerprint density at radius 1 is 1.47 bits per heavy atom. The van der Waals surface area contributed by atoms with Crippen molar-refractivity contribution in [2.45, 2.75) is 13.3 Å². The van der Waals surface area contributed by atoms with Crippen LogP contribution in [0.2, 0.25) is 0 Å². The molecule has 0 fully saturated rings. The molecule has 0 bridgehead atoms. The normalized spacial score (nSPS) is 10.2. The first-order valence-corrected chi connectivity index (χ1v) is 6.12. The molecule has 5 nitrogen and oxygen atoms in total. The van der Waals surface area contributed by atoms with Crippen molar-refractivity contribution in [3.05, 3.63) is 34.3 Å². The summed E-state index contributed by atoms with van der Waals surface area (Å²) in [6.07, 6.45) is 2.31. The third kappa shape index (κ3) is 2.92. The number of aromatic nitrogens is 2. The van der Waals surface area contributed by atoms with Crippen molar-refractivity contribution < 1.29 is 4.74 Å². The van der Waals surface area contributed by atoms with Gasteiger partial charge in [0.05, 0.1) is 12.2 Å². The predicted molar refractivity (Wildman–Crippen MR) is 68.1 cm³/mol. The van der Waals surface area contributed by atoms with Crippen LogP contribution in [-0.2, 0) is 6.42 Å². The minimum Gasteiger partial charge on any atom is -0.477 e. The first kappa shape index (κ1) is 11.8. The highest BCUT2D eigenvalue weighted by Gasteiger charge is 2.06. The smallest absolute Gasteiger partial charge is 0.221 e. The van der Waals surface area contributed by atoms with Gasteiger partial charge in [-0.2, -0.15) is 0 Å². The van der Waals surface area contributed by atoms with Gasteiger partial charge >= 0.3 is 0 Å². The van der Waals surface area contributed by atoms with Crippen LogP contribution in [0.3, 0.4) is 0 Å². The quantitative estimate of drug-likeness (QED) is 0.625. The Morgan fingerprint density at radius 2 is 2.35 bits per heavy atom. The molecule has 0 spiro atoms. The van der Waals surface area contributed by atoms with Gasteiger partial charge in [0.25, 0.3) is 0 Å². The Balaban J connectivity index is 1.95. The van der Waals surface area contributed by atoms with E-state index in [0.717, 1.165) is 12.0 Å². The van der Waals surface area contributed by atoms with E-state index in [0.29, 0.717) is 18.3 Å². The molecule has 0 unspecified atom stereocenters. The molecule has 0 aromatic carbocycles. The average Bonchev–Trinajstić information content (AvgIpc) is 2.84. The van der Waals surface area contributed by atoms with E-state index < -0.39 is 0 Å². The fourth-order valence-corrected chi connectivity index (χ4v) is 2.12. The molecule has 6 heteroatoms. The average molecular weight is 250 g/mol. The van der Waals surface area contributed by atoms with Crippen LogP contribution in [0.1, 0.15) is 10.4 Å². The Bertz CT molecular complexity index is 472. The number of rotatable bonds is 5. The van der Waals surface area contributed by atoms with Crippen LogP contribution in [-0.4, -0.2) is 16.6 Å². The van der Waals surface area contributed by atoms with E-state index >= 15 is 0 Å². The summed E-state index contributed by atoms with van der Waals surface area (Å²) >= 11 is 1.72. The molecule has 0 saturated carbocycles. The number of thiophene rings is 1. The maximum atomic E-state index is 5.61. The van der Waals surface area contributed by atoms with Crippen LogP contribution in [0.15, 0.2) is 23.8 Å². The van der Waals surface area contributed by atoms with Crippen molar-refractivity contribution in [1.29, 1.82) is 0 Å². The van der Waals surface area contributed by atoms with E-state index in [1.807, 2.05) is 13.0 Å².